The molecule has 6 nitrogen and oxygen atoms in total. The number of nitrogen functional groups attached to an aromatic ring is 1. The Hall–Kier alpha value is -1.11. The van der Waals surface area contributed by atoms with Crippen LogP contribution in [0.2, 0.25) is 5.02 Å². The first-order valence-electron chi connectivity index (χ1n) is 4.81. The summed E-state index contributed by atoms with van der Waals surface area (Å²) in [5, 5.41) is 9.36. The van der Waals surface area contributed by atoms with Gasteiger partial charge in [0.1, 0.15) is 5.02 Å². The fourth-order valence-corrected chi connectivity index (χ4v) is 1.45. The second-order valence-corrected chi connectivity index (χ2v) is 3.51. The number of hydrogen-bond acceptors (Lipinski definition) is 6. The molecule has 7 heteroatoms. The highest BCUT2D eigenvalue weighted by atomic mass is 35.5. The molecule has 0 saturated carbocycles. The van der Waals surface area contributed by atoms with Gasteiger partial charge >= 0.3 is 0 Å². The Morgan fingerprint density at radius 3 is 2.94 bits per heavy atom. The lowest BCUT2D eigenvalue weighted by Gasteiger charge is -2.23. The minimum atomic E-state index is 0.00392. The molecule has 16 heavy (non-hydrogen) atoms. The summed E-state index contributed by atoms with van der Waals surface area (Å²) in [5.74, 6) is 0.667. The van der Waals surface area contributed by atoms with E-state index in [4.69, 9.17) is 27.2 Å². The van der Waals surface area contributed by atoms with Gasteiger partial charge in [-0.05, 0) is 0 Å². The summed E-state index contributed by atoms with van der Waals surface area (Å²) >= 11 is 5.96. The van der Waals surface area contributed by atoms with Crippen LogP contribution in [-0.2, 0) is 4.74 Å². The number of aliphatic hydroxyl groups is 1. The predicted molar refractivity (Wildman–Crippen MR) is 62.6 cm³/mol. The van der Waals surface area contributed by atoms with Gasteiger partial charge in [-0.25, -0.2) is 4.98 Å². The normalized spacial score (nSPS) is 10.4. The second-order valence-electron chi connectivity index (χ2n) is 3.10. The first-order chi connectivity index (χ1) is 7.69. The second kappa shape index (κ2) is 6.47. The summed E-state index contributed by atoms with van der Waals surface area (Å²) in [4.78, 5) is 9.61. The fraction of sp³-hybridized carbons (Fsp3) is 0.556. The highest BCUT2D eigenvalue weighted by Gasteiger charge is 2.12. The number of anilines is 2. The lowest BCUT2D eigenvalue weighted by molar-refractivity contribution is 0.202. The molecule has 0 aromatic carbocycles. The molecule has 0 spiro atoms. The van der Waals surface area contributed by atoms with Gasteiger partial charge in [-0.1, -0.05) is 11.6 Å². The Balaban J connectivity index is 2.85. The molecule has 0 fully saturated rings. The number of nitrogens with two attached hydrogens (primary N) is 1. The van der Waals surface area contributed by atoms with Crippen LogP contribution in [0.1, 0.15) is 0 Å². The highest BCUT2D eigenvalue weighted by molar-refractivity contribution is 6.32. The zero-order chi connectivity index (χ0) is 12.0. The summed E-state index contributed by atoms with van der Waals surface area (Å²) in [6, 6.07) is 0. The molecular formula is C9H15ClN4O2. The van der Waals surface area contributed by atoms with Crippen LogP contribution in [0.3, 0.4) is 0 Å². The molecule has 0 aliphatic rings. The van der Waals surface area contributed by atoms with Crippen LogP contribution in [0.5, 0.6) is 0 Å². The largest absolute Gasteiger partial charge is 0.395 e. The van der Waals surface area contributed by atoms with E-state index in [-0.39, 0.29) is 12.6 Å². The quantitative estimate of drug-likeness (QED) is 0.744. The highest BCUT2D eigenvalue weighted by Crippen LogP contribution is 2.22. The van der Waals surface area contributed by atoms with E-state index in [0.717, 1.165) is 0 Å². The first kappa shape index (κ1) is 13.0. The van der Waals surface area contributed by atoms with Crippen LogP contribution < -0.4 is 10.6 Å². The van der Waals surface area contributed by atoms with Crippen molar-refractivity contribution in [2.75, 3.05) is 44.0 Å². The maximum Gasteiger partial charge on any atom is 0.222 e. The van der Waals surface area contributed by atoms with Crippen molar-refractivity contribution in [3.8, 4) is 0 Å². The SMILES string of the molecule is COCCN(CCO)c1nc(N)ncc1Cl. The van der Waals surface area contributed by atoms with Crippen molar-refractivity contribution in [2.24, 2.45) is 0 Å². The number of hydrogen-bond donors (Lipinski definition) is 2. The smallest absolute Gasteiger partial charge is 0.222 e. The van der Waals surface area contributed by atoms with Crippen molar-refractivity contribution >= 4 is 23.4 Å². The van der Waals surface area contributed by atoms with Crippen LogP contribution in [0.15, 0.2) is 6.20 Å². The summed E-state index contributed by atoms with van der Waals surface area (Å²) in [6.45, 7) is 1.51. The fourth-order valence-electron chi connectivity index (χ4n) is 1.24. The standard InChI is InChI=1S/C9H15ClN4O2/c1-16-5-3-14(2-4-15)8-7(10)6-12-9(11)13-8/h6,15H,2-5H2,1H3,(H2,11,12,13). The van der Waals surface area contributed by atoms with Gasteiger partial charge in [0, 0.05) is 20.2 Å². The molecule has 1 aromatic rings. The van der Waals surface area contributed by atoms with E-state index in [1.165, 1.54) is 6.20 Å². The van der Waals surface area contributed by atoms with E-state index < -0.39 is 0 Å². The molecule has 1 aromatic heterocycles. The maximum atomic E-state index is 8.96. The number of aromatic nitrogens is 2. The van der Waals surface area contributed by atoms with Gasteiger partial charge in [-0.2, -0.15) is 4.98 Å². The number of aliphatic hydroxyl groups excluding tert-OH is 1. The lowest BCUT2D eigenvalue weighted by atomic mass is 10.4. The third-order valence-corrected chi connectivity index (χ3v) is 2.25. The monoisotopic (exact) mass is 246 g/mol. The molecule has 1 rings (SSSR count). The van der Waals surface area contributed by atoms with Crippen LogP contribution in [0.4, 0.5) is 11.8 Å². The molecular weight excluding hydrogens is 232 g/mol. The number of methoxy groups -OCH3 is 1. The van der Waals surface area contributed by atoms with Gasteiger partial charge in [-0.3, -0.25) is 0 Å². The summed E-state index contributed by atoms with van der Waals surface area (Å²) < 4.78 is 4.97. The molecule has 0 aliphatic heterocycles. The third kappa shape index (κ3) is 3.48. The van der Waals surface area contributed by atoms with Crippen LogP contribution >= 0.6 is 11.6 Å². The van der Waals surface area contributed by atoms with E-state index in [9.17, 15) is 0 Å². The first-order valence-corrected chi connectivity index (χ1v) is 5.19. The molecule has 0 radical (unpaired) electrons. The zero-order valence-electron chi connectivity index (χ0n) is 9.06. The number of nitrogens with zero attached hydrogens (tertiary/aromatic N) is 3. The molecule has 1 heterocycles. The lowest BCUT2D eigenvalue weighted by Crippen LogP contribution is -2.31. The van der Waals surface area contributed by atoms with Gasteiger partial charge in [0.2, 0.25) is 5.95 Å². The molecule has 0 amide bonds. The van der Waals surface area contributed by atoms with Crippen molar-refractivity contribution in [1.29, 1.82) is 0 Å². The van der Waals surface area contributed by atoms with E-state index in [2.05, 4.69) is 9.97 Å². The van der Waals surface area contributed by atoms with Crippen LogP contribution in [0, 0.1) is 0 Å². The molecule has 0 bridgehead atoms. The molecule has 0 atom stereocenters. The molecule has 0 aliphatic carbocycles. The Labute approximate surface area is 99.0 Å². The Bertz CT molecular complexity index is 337. The number of ether oxygens (including phenoxy) is 1. The number of halogens is 1. The Kier molecular flexibility index (Phi) is 5.24. The molecule has 0 saturated heterocycles. The minimum Gasteiger partial charge on any atom is -0.395 e. The topological polar surface area (TPSA) is 84.5 Å². The van der Waals surface area contributed by atoms with E-state index >= 15 is 0 Å². The van der Waals surface area contributed by atoms with E-state index in [0.29, 0.717) is 30.5 Å². The van der Waals surface area contributed by atoms with Gasteiger partial charge in [0.25, 0.3) is 0 Å². The van der Waals surface area contributed by atoms with Crippen molar-refractivity contribution in [1.82, 2.24) is 9.97 Å². The van der Waals surface area contributed by atoms with Gasteiger partial charge in [0.15, 0.2) is 5.82 Å². The van der Waals surface area contributed by atoms with Gasteiger partial charge < -0.3 is 20.5 Å². The third-order valence-electron chi connectivity index (χ3n) is 1.98. The number of rotatable bonds is 6. The summed E-state index contributed by atoms with van der Waals surface area (Å²) in [6.07, 6.45) is 1.44. The molecule has 90 valence electrons. The summed E-state index contributed by atoms with van der Waals surface area (Å²) in [5.41, 5.74) is 5.49. The average molecular weight is 247 g/mol. The van der Waals surface area contributed by atoms with Crippen molar-refractivity contribution in [3.63, 3.8) is 0 Å². The molecule has 0 unspecified atom stereocenters. The Morgan fingerprint density at radius 2 is 2.31 bits per heavy atom. The van der Waals surface area contributed by atoms with Gasteiger partial charge in [0.05, 0.1) is 19.4 Å². The van der Waals surface area contributed by atoms with Crippen molar-refractivity contribution < 1.29 is 9.84 Å². The summed E-state index contributed by atoms with van der Waals surface area (Å²) in [7, 11) is 1.60. The van der Waals surface area contributed by atoms with E-state index in [1.54, 1.807) is 12.0 Å². The van der Waals surface area contributed by atoms with Crippen molar-refractivity contribution in [2.45, 2.75) is 0 Å². The zero-order valence-corrected chi connectivity index (χ0v) is 9.81. The molecule has 3 N–H and O–H groups in total. The van der Waals surface area contributed by atoms with Gasteiger partial charge in [-0.15, -0.1) is 0 Å². The maximum absolute atomic E-state index is 8.96. The average Bonchev–Trinajstić information content (AvgIpc) is 2.28. The van der Waals surface area contributed by atoms with Crippen LogP contribution in [0.25, 0.3) is 0 Å². The van der Waals surface area contributed by atoms with Crippen LogP contribution in [-0.4, -0.2) is 48.5 Å². The van der Waals surface area contributed by atoms with E-state index in [1.807, 2.05) is 0 Å². The van der Waals surface area contributed by atoms with Crippen molar-refractivity contribution in [3.05, 3.63) is 11.2 Å². The predicted octanol–water partition coefficient (Wildman–Crippen LogP) is 0.157. The minimum absolute atomic E-state index is 0.00392. The Morgan fingerprint density at radius 1 is 1.56 bits per heavy atom.